The molecule has 2 N–H and O–H groups in total. The predicted octanol–water partition coefficient (Wildman–Crippen LogP) is 2.25. The summed E-state index contributed by atoms with van der Waals surface area (Å²) in [5.41, 5.74) is 0.243. The summed E-state index contributed by atoms with van der Waals surface area (Å²) in [6.07, 6.45) is 0. The maximum atomic E-state index is 12.2. The molecular formula is C12H11ClN4O4. The van der Waals surface area contributed by atoms with Crippen LogP contribution in [0.2, 0.25) is 5.02 Å². The molecule has 0 spiro atoms. The lowest BCUT2D eigenvalue weighted by atomic mass is 10.2. The molecular weight excluding hydrogens is 300 g/mol. The third-order valence-electron chi connectivity index (χ3n) is 2.80. The highest BCUT2D eigenvalue weighted by Gasteiger charge is 2.20. The molecule has 0 saturated carbocycles. The zero-order chi connectivity index (χ0) is 15.7. The second-order valence-electron chi connectivity index (χ2n) is 4.28. The Morgan fingerprint density at radius 3 is 2.71 bits per heavy atom. The van der Waals surface area contributed by atoms with Gasteiger partial charge in [0.25, 0.3) is 11.6 Å². The van der Waals surface area contributed by atoms with Gasteiger partial charge in [0.15, 0.2) is 0 Å². The first-order valence-electron chi connectivity index (χ1n) is 5.79. The molecule has 0 aliphatic heterocycles. The summed E-state index contributed by atoms with van der Waals surface area (Å²) < 4.78 is 1.29. The first kappa shape index (κ1) is 14.8. The van der Waals surface area contributed by atoms with Gasteiger partial charge >= 0.3 is 0 Å². The molecule has 2 rings (SSSR count). The predicted molar refractivity (Wildman–Crippen MR) is 75.7 cm³/mol. The molecule has 1 aromatic carbocycles. The maximum Gasteiger partial charge on any atom is 0.275 e. The number of carbonyl (C=O) groups is 1. The fourth-order valence-corrected chi connectivity index (χ4v) is 2.04. The zero-order valence-corrected chi connectivity index (χ0v) is 11.9. The van der Waals surface area contributed by atoms with E-state index in [1.165, 1.54) is 4.68 Å². The molecule has 0 aliphatic rings. The van der Waals surface area contributed by atoms with E-state index in [4.69, 9.17) is 11.6 Å². The van der Waals surface area contributed by atoms with Gasteiger partial charge < -0.3 is 10.4 Å². The Kier molecular flexibility index (Phi) is 3.81. The summed E-state index contributed by atoms with van der Waals surface area (Å²) in [4.78, 5) is 22.2. The number of halogens is 1. The van der Waals surface area contributed by atoms with Crippen LogP contribution in [0.3, 0.4) is 0 Å². The van der Waals surface area contributed by atoms with E-state index >= 15 is 0 Å². The zero-order valence-electron chi connectivity index (χ0n) is 11.1. The van der Waals surface area contributed by atoms with Crippen molar-refractivity contribution in [1.82, 2.24) is 9.78 Å². The Bertz CT molecular complexity index is 741. The Balaban J connectivity index is 2.35. The summed E-state index contributed by atoms with van der Waals surface area (Å²) in [7, 11) is 1.54. The number of non-ortho nitro benzene ring substituents is 1. The number of nitro groups is 1. The van der Waals surface area contributed by atoms with E-state index in [0.717, 1.165) is 18.2 Å². The average Bonchev–Trinajstić information content (AvgIpc) is 2.65. The normalized spacial score (nSPS) is 10.4. The first-order valence-corrected chi connectivity index (χ1v) is 6.17. The van der Waals surface area contributed by atoms with Gasteiger partial charge in [-0.25, -0.2) is 0 Å². The van der Waals surface area contributed by atoms with Gasteiger partial charge in [-0.1, -0.05) is 11.6 Å². The van der Waals surface area contributed by atoms with E-state index in [2.05, 4.69) is 10.4 Å². The molecule has 8 nitrogen and oxygen atoms in total. The van der Waals surface area contributed by atoms with Gasteiger partial charge in [0.05, 0.1) is 21.3 Å². The van der Waals surface area contributed by atoms with Gasteiger partial charge in [-0.15, -0.1) is 0 Å². The smallest absolute Gasteiger partial charge is 0.275 e. The monoisotopic (exact) mass is 310 g/mol. The third-order valence-corrected chi connectivity index (χ3v) is 3.26. The minimum absolute atomic E-state index is 0.0795. The van der Waals surface area contributed by atoms with E-state index in [1.807, 2.05) is 0 Å². The number of phenolic OH excluding ortho intramolecular Hbond substituents is 1. The number of nitrogens with one attached hydrogen (secondary N) is 1. The van der Waals surface area contributed by atoms with Crippen molar-refractivity contribution in [3.05, 3.63) is 44.7 Å². The number of aromatic nitrogens is 2. The number of benzene rings is 1. The van der Waals surface area contributed by atoms with Crippen LogP contribution in [0.15, 0.2) is 18.2 Å². The average molecular weight is 311 g/mol. The number of carbonyl (C=O) groups excluding carboxylic acids is 1. The van der Waals surface area contributed by atoms with Crippen molar-refractivity contribution in [3.8, 4) is 5.75 Å². The van der Waals surface area contributed by atoms with Crippen LogP contribution >= 0.6 is 11.6 Å². The number of aryl methyl sites for hydroxylation is 2. The molecule has 0 atom stereocenters. The Hall–Kier alpha value is -2.61. The first-order chi connectivity index (χ1) is 9.81. The summed E-state index contributed by atoms with van der Waals surface area (Å²) >= 11 is 5.98. The molecule has 110 valence electrons. The second-order valence-corrected chi connectivity index (χ2v) is 4.66. The van der Waals surface area contributed by atoms with Crippen molar-refractivity contribution in [1.29, 1.82) is 0 Å². The van der Waals surface area contributed by atoms with Crippen LogP contribution in [-0.4, -0.2) is 25.7 Å². The summed E-state index contributed by atoms with van der Waals surface area (Å²) in [5.74, 6) is -0.914. The number of aromatic hydroxyl groups is 1. The molecule has 21 heavy (non-hydrogen) atoms. The number of rotatable bonds is 3. The van der Waals surface area contributed by atoms with Crippen LogP contribution in [-0.2, 0) is 7.05 Å². The van der Waals surface area contributed by atoms with Gasteiger partial charge in [-0.3, -0.25) is 19.6 Å². The molecule has 1 amide bonds. The molecule has 2 aromatic rings. The van der Waals surface area contributed by atoms with Crippen molar-refractivity contribution in [2.24, 2.45) is 7.05 Å². The lowest BCUT2D eigenvalue weighted by Gasteiger charge is -2.07. The summed E-state index contributed by atoms with van der Waals surface area (Å²) in [6, 6.07) is 3.32. The fourth-order valence-electron chi connectivity index (χ4n) is 1.80. The lowest BCUT2D eigenvalue weighted by Crippen LogP contribution is -2.16. The van der Waals surface area contributed by atoms with Gasteiger partial charge in [0, 0.05) is 19.2 Å². The standard InChI is InChI=1S/C12H11ClN4O4/c1-6-10(13)11(16(2)15-6)12(19)14-8-5-7(17(20)21)3-4-9(8)18/h3-5,18H,1-2H3,(H,14,19). The largest absolute Gasteiger partial charge is 0.506 e. The van der Waals surface area contributed by atoms with Crippen LogP contribution in [0.5, 0.6) is 5.75 Å². The number of amides is 1. The molecule has 1 heterocycles. The Morgan fingerprint density at radius 1 is 1.52 bits per heavy atom. The number of hydrogen-bond donors (Lipinski definition) is 2. The molecule has 0 fully saturated rings. The maximum absolute atomic E-state index is 12.2. The van der Waals surface area contributed by atoms with Crippen molar-refractivity contribution in [3.63, 3.8) is 0 Å². The molecule has 0 aliphatic carbocycles. The fraction of sp³-hybridized carbons (Fsp3) is 0.167. The van der Waals surface area contributed by atoms with Crippen LogP contribution in [0.1, 0.15) is 16.2 Å². The van der Waals surface area contributed by atoms with Gasteiger partial charge in [0.1, 0.15) is 11.4 Å². The number of nitro benzene ring substituents is 1. The molecule has 1 aromatic heterocycles. The number of nitrogens with zero attached hydrogens (tertiary/aromatic N) is 3. The molecule has 9 heteroatoms. The van der Waals surface area contributed by atoms with Crippen molar-refractivity contribution < 1.29 is 14.8 Å². The van der Waals surface area contributed by atoms with E-state index in [0.29, 0.717) is 5.69 Å². The minimum Gasteiger partial charge on any atom is -0.506 e. The molecule has 0 unspecified atom stereocenters. The summed E-state index contributed by atoms with van der Waals surface area (Å²) in [5, 5.41) is 26.9. The lowest BCUT2D eigenvalue weighted by molar-refractivity contribution is -0.384. The quantitative estimate of drug-likeness (QED) is 0.513. The van der Waals surface area contributed by atoms with Crippen LogP contribution < -0.4 is 5.32 Å². The Labute approximate surface area is 124 Å². The van der Waals surface area contributed by atoms with E-state index < -0.39 is 10.8 Å². The summed E-state index contributed by atoms with van der Waals surface area (Å²) in [6.45, 7) is 1.64. The SMILES string of the molecule is Cc1nn(C)c(C(=O)Nc2cc([N+](=O)[O-])ccc2O)c1Cl. The molecule has 0 bridgehead atoms. The van der Waals surface area contributed by atoms with Crippen molar-refractivity contribution in [2.75, 3.05) is 5.32 Å². The minimum atomic E-state index is -0.629. The molecule has 0 radical (unpaired) electrons. The van der Waals surface area contributed by atoms with E-state index in [9.17, 15) is 20.0 Å². The Morgan fingerprint density at radius 2 is 2.19 bits per heavy atom. The number of hydrogen-bond acceptors (Lipinski definition) is 5. The van der Waals surface area contributed by atoms with E-state index in [1.54, 1.807) is 14.0 Å². The number of phenols is 1. The van der Waals surface area contributed by atoms with Crippen molar-refractivity contribution >= 4 is 28.9 Å². The van der Waals surface area contributed by atoms with Gasteiger partial charge in [0.2, 0.25) is 0 Å². The van der Waals surface area contributed by atoms with Crippen LogP contribution in [0.4, 0.5) is 11.4 Å². The highest BCUT2D eigenvalue weighted by Crippen LogP contribution is 2.29. The van der Waals surface area contributed by atoms with Crippen LogP contribution in [0.25, 0.3) is 0 Å². The highest BCUT2D eigenvalue weighted by molar-refractivity contribution is 6.34. The number of anilines is 1. The van der Waals surface area contributed by atoms with Gasteiger partial charge in [-0.05, 0) is 13.0 Å². The highest BCUT2D eigenvalue weighted by atomic mass is 35.5. The third kappa shape index (κ3) is 2.79. The van der Waals surface area contributed by atoms with Crippen molar-refractivity contribution in [2.45, 2.75) is 6.92 Å². The topological polar surface area (TPSA) is 110 Å². The second kappa shape index (κ2) is 5.41. The van der Waals surface area contributed by atoms with Crippen LogP contribution in [0, 0.1) is 17.0 Å². The van der Waals surface area contributed by atoms with Gasteiger partial charge in [-0.2, -0.15) is 5.10 Å². The molecule has 0 saturated heterocycles. The van der Waals surface area contributed by atoms with E-state index in [-0.39, 0.29) is 27.8 Å².